The van der Waals surface area contributed by atoms with Crippen LogP contribution in [0, 0.1) is 6.92 Å². The number of hydrogen-bond donors (Lipinski definition) is 0. The van der Waals surface area contributed by atoms with Crippen molar-refractivity contribution >= 4 is 55.9 Å². The maximum absolute atomic E-state index is 2.64. The molecule has 0 radical (unpaired) electrons. The van der Waals surface area contributed by atoms with Crippen LogP contribution in [0.1, 0.15) is 84.2 Å². The first kappa shape index (κ1) is 37.9. The van der Waals surface area contributed by atoms with Crippen molar-refractivity contribution in [3.63, 3.8) is 0 Å². The summed E-state index contributed by atoms with van der Waals surface area (Å²) in [7, 11) is 0. The molecule has 0 amide bonds. The molecule has 3 aliphatic rings. The Morgan fingerprint density at radius 2 is 1.02 bits per heavy atom. The summed E-state index contributed by atoms with van der Waals surface area (Å²) in [5, 5.41) is 2.57. The Labute approximate surface area is 371 Å². The molecule has 308 valence electrons. The second kappa shape index (κ2) is 15.5. The zero-order valence-corrected chi connectivity index (χ0v) is 36.2. The third-order valence-electron chi connectivity index (χ3n) is 14.8. The van der Waals surface area contributed by atoms with Crippen LogP contribution < -0.4 is 9.80 Å². The van der Waals surface area contributed by atoms with Crippen molar-refractivity contribution in [3.8, 4) is 5.69 Å². The van der Waals surface area contributed by atoms with Gasteiger partial charge in [-0.2, -0.15) is 0 Å². The maximum atomic E-state index is 2.64. The first-order valence-electron chi connectivity index (χ1n) is 23.3. The van der Waals surface area contributed by atoms with Crippen LogP contribution in [0.5, 0.6) is 0 Å². The zero-order chi connectivity index (χ0) is 41.9. The van der Waals surface area contributed by atoms with Crippen molar-refractivity contribution in [2.45, 2.75) is 76.0 Å². The minimum absolute atomic E-state index is 0.156. The Morgan fingerprint density at radius 1 is 0.460 bits per heavy atom. The molecule has 63 heavy (non-hydrogen) atoms. The number of anilines is 6. The summed E-state index contributed by atoms with van der Waals surface area (Å²) >= 11 is 0. The molecule has 12 rings (SSSR count). The smallest absolute Gasteiger partial charge is 0.0562 e. The first-order chi connectivity index (χ1) is 31.2. The molecule has 1 saturated carbocycles. The quantitative estimate of drug-likeness (QED) is 0.151. The number of nitrogens with zero attached hydrogens (tertiary/aromatic N) is 3. The highest BCUT2D eigenvalue weighted by Crippen LogP contribution is 2.60. The molecule has 3 nitrogen and oxygen atoms in total. The molecule has 3 heteroatoms. The zero-order valence-electron chi connectivity index (χ0n) is 36.2. The lowest BCUT2D eigenvalue weighted by Crippen LogP contribution is -2.27. The molecule has 0 bridgehead atoms. The summed E-state index contributed by atoms with van der Waals surface area (Å²) < 4.78 is 2.47. The minimum Gasteiger partial charge on any atom is -0.310 e. The SMILES string of the molecule is Cc1cc2c3ccccc3n(-c3ccccc3)c2cc1N(c1ccc(C2CCCCC2)cc1)c1cccc2c1[C@]1(CCc3cccc(N(c4ccccc4)c4ccccc4)c31)CC2. The van der Waals surface area contributed by atoms with E-state index in [1.807, 2.05) is 0 Å². The Hall–Kier alpha value is -6.84. The van der Waals surface area contributed by atoms with Gasteiger partial charge in [0.05, 0.1) is 28.1 Å². The van der Waals surface area contributed by atoms with E-state index in [2.05, 4.69) is 209 Å². The van der Waals surface area contributed by atoms with Gasteiger partial charge in [0.25, 0.3) is 0 Å². The van der Waals surface area contributed by atoms with Crippen LogP contribution >= 0.6 is 0 Å². The van der Waals surface area contributed by atoms with Crippen molar-refractivity contribution in [1.29, 1.82) is 0 Å². The molecule has 8 aromatic carbocycles. The van der Waals surface area contributed by atoms with Crippen LogP contribution in [0.15, 0.2) is 188 Å². The Kier molecular flexibility index (Phi) is 9.32. The fourth-order valence-electron chi connectivity index (χ4n) is 12.0. The molecule has 1 fully saturated rings. The number of para-hydroxylation sites is 4. The van der Waals surface area contributed by atoms with Gasteiger partial charge in [0.1, 0.15) is 0 Å². The number of benzene rings is 8. The summed E-state index contributed by atoms with van der Waals surface area (Å²) in [5.74, 6) is 0.649. The van der Waals surface area contributed by atoms with E-state index in [-0.39, 0.29) is 5.41 Å². The van der Waals surface area contributed by atoms with Crippen LogP contribution in [-0.2, 0) is 18.3 Å². The van der Waals surface area contributed by atoms with Gasteiger partial charge in [-0.1, -0.05) is 128 Å². The number of aromatic nitrogens is 1. The summed E-state index contributed by atoms with van der Waals surface area (Å²) in [6.07, 6.45) is 10.9. The van der Waals surface area contributed by atoms with Gasteiger partial charge >= 0.3 is 0 Å². The highest BCUT2D eigenvalue weighted by molar-refractivity contribution is 6.11. The van der Waals surface area contributed by atoms with Gasteiger partial charge in [-0.05, 0) is 164 Å². The van der Waals surface area contributed by atoms with Crippen LogP contribution in [0.4, 0.5) is 34.1 Å². The van der Waals surface area contributed by atoms with Crippen molar-refractivity contribution in [2.24, 2.45) is 0 Å². The molecular formula is C60H53N3. The lowest BCUT2D eigenvalue weighted by molar-refractivity contribution is 0.443. The fourth-order valence-corrected chi connectivity index (χ4v) is 12.0. The molecule has 0 unspecified atom stereocenters. The highest BCUT2D eigenvalue weighted by atomic mass is 15.2. The average molecular weight is 816 g/mol. The molecule has 0 N–H and O–H groups in total. The maximum Gasteiger partial charge on any atom is 0.0562 e. The first-order valence-corrected chi connectivity index (χ1v) is 23.3. The lowest BCUT2D eigenvalue weighted by atomic mass is 9.74. The van der Waals surface area contributed by atoms with E-state index in [0.29, 0.717) is 5.92 Å². The van der Waals surface area contributed by atoms with Gasteiger partial charge in [-0.15, -0.1) is 0 Å². The number of aryl methyl sites for hydroxylation is 3. The van der Waals surface area contributed by atoms with Gasteiger partial charge < -0.3 is 14.4 Å². The van der Waals surface area contributed by atoms with E-state index in [1.54, 1.807) is 0 Å². The van der Waals surface area contributed by atoms with Gasteiger partial charge in [-0.25, -0.2) is 0 Å². The normalized spacial score (nSPS) is 17.0. The predicted molar refractivity (Wildman–Crippen MR) is 265 cm³/mol. The number of hydrogen-bond acceptors (Lipinski definition) is 2. The number of fused-ring (bicyclic) bond motifs is 7. The Bertz CT molecular complexity index is 3060. The van der Waals surface area contributed by atoms with E-state index < -0.39 is 0 Å². The van der Waals surface area contributed by atoms with Crippen LogP contribution in [-0.4, -0.2) is 4.57 Å². The number of rotatable bonds is 8. The lowest BCUT2D eigenvalue weighted by Gasteiger charge is -2.37. The van der Waals surface area contributed by atoms with Crippen LogP contribution in [0.3, 0.4) is 0 Å². The molecule has 9 aromatic rings. The molecular weight excluding hydrogens is 763 g/mol. The Balaban J connectivity index is 1.10. The fraction of sp³-hybridized carbons (Fsp3) is 0.200. The monoisotopic (exact) mass is 815 g/mol. The largest absolute Gasteiger partial charge is 0.310 e. The van der Waals surface area contributed by atoms with E-state index in [1.165, 1.54) is 127 Å². The summed E-state index contributed by atoms with van der Waals surface area (Å²) in [6, 6.07) is 70.7. The molecule has 1 atom stereocenters. The predicted octanol–water partition coefficient (Wildman–Crippen LogP) is 16.3. The average Bonchev–Trinajstić information content (AvgIpc) is 4.03. The van der Waals surface area contributed by atoms with Gasteiger partial charge in [0.15, 0.2) is 0 Å². The van der Waals surface area contributed by atoms with E-state index in [4.69, 9.17) is 0 Å². The molecule has 3 aliphatic carbocycles. The Morgan fingerprint density at radius 3 is 1.65 bits per heavy atom. The van der Waals surface area contributed by atoms with Crippen molar-refractivity contribution in [1.82, 2.24) is 4.57 Å². The second-order valence-electron chi connectivity index (χ2n) is 18.3. The minimum atomic E-state index is -0.156. The molecule has 1 aromatic heterocycles. The van der Waals surface area contributed by atoms with E-state index in [9.17, 15) is 0 Å². The summed E-state index contributed by atoms with van der Waals surface area (Å²) in [6.45, 7) is 2.33. The molecule has 0 saturated heterocycles. The third-order valence-corrected chi connectivity index (χ3v) is 14.8. The molecule has 1 spiro atoms. The topological polar surface area (TPSA) is 11.4 Å². The van der Waals surface area contributed by atoms with Gasteiger partial charge in [0.2, 0.25) is 0 Å². The standard InChI is InChI=1S/C60H53N3/c1-42-40-52-51-28-14-15-29-53(51)62(49-26-12-5-13-27-49)57(52)41-56(42)63(50-34-32-44(33-35-50)43-18-6-2-7-19-43)55-31-17-21-46-37-39-60(59(46)55)38-36-45-20-16-30-54(58(45)60)61(47-22-8-3-9-23-47)48-24-10-4-11-25-48/h3-5,8-17,20-35,40-41,43H,2,6-7,18-19,36-39H2,1H3/t60-/m1/s1. The third kappa shape index (κ3) is 6.23. The summed E-state index contributed by atoms with van der Waals surface area (Å²) in [4.78, 5) is 5.15. The van der Waals surface area contributed by atoms with E-state index in [0.717, 1.165) is 25.7 Å². The summed E-state index contributed by atoms with van der Waals surface area (Å²) in [5.41, 5.74) is 19.6. The van der Waals surface area contributed by atoms with Gasteiger partial charge in [0, 0.05) is 38.9 Å². The molecule has 1 heterocycles. The second-order valence-corrected chi connectivity index (χ2v) is 18.3. The van der Waals surface area contributed by atoms with Crippen LogP contribution in [0.2, 0.25) is 0 Å². The van der Waals surface area contributed by atoms with Gasteiger partial charge in [-0.3, -0.25) is 0 Å². The van der Waals surface area contributed by atoms with Crippen molar-refractivity contribution < 1.29 is 0 Å². The van der Waals surface area contributed by atoms with Crippen LogP contribution in [0.25, 0.3) is 27.5 Å². The molecule has 0 aliphatic heterocycles. The van der Waals surface area contributed by atoms with E-state index >= 15 is 0 Å². The highest BCUT2D eigenvalue weighted by Gasteiger charge is 2.49. The van der Waals surface area contributed by atoms with Crippen molar-refractivity contribution in [2.75, 3.05) is 9.80 Å². The van der Waals surface area contributed by atoms with Crippen molar-refractivity contribution in [3.05, 3.63) is 221 Å².